The average molecular weight is 249 g/mol. The molecule has 18 heavy (non-hydrogen) atoms. The Morgan fingerprint density at radius 2 is 2.00 bits per heavy atom. The van der Waals surface area contributed by atoms with Crippen molar-refractivity contribution in [2.24, 2.45) is 5.92 Å². The van der Waals surface area contributed by atoms with Crippen LogP contribution in [0.3, 0.4) is 0 Å². The molecule has 0 saturated heterocycles. The molecule has 0 amide bonds. The third kappa shape index (κ3) is 3.38. The van der Waals surface area contributed by atoms with Gasteiger partial charge in [-0.3, -0.25) is 0 Å². The molecule has 1 aliphatic carbocycles. The Morgan fingerprint density at radius 3 is 2.56 bits per heavy atom. The Balaban J connectivity index is 1.92. The first-order valence-corrected chi connectivity index (χ1v) is 7.53. The summed E-state index contributed by atoms with van der Waals surface area (Å²) in [5.41, 5.74) is 0. The molecule has 0 aliphatic heterocycles. The molecule has 1 aromatic heterocycles. The lowest BCUT2D eigenvalue weighted by atomic mass is 9.82. The van der Waals surface area contributed by atoms with Gasteiger partial charge in [0.25, 0.3) is 0 Å². The molecule has 0 bridgehead atoms. The van der Waals surface area contributed by atoms with Crippen molar-refractivity contribution in [2.75, 3.05) is 0 Å². The number of hydrogen-bond acceptors (Lipinski definition) is 2. The van der Waals surface area contributed by atoms with Gasteiger partial charge in [0.1, 0.15) is 11.5 Å². The fourth-order valence-corrected chi connectivity index (χ4v) is 3.21. The number of rotatable bonds is 5. The normalized spacial score (nSPS) is 20.8. The highest BCUT2D eigenvalue weighted by Gasteiger charge is 2.24. The molecule has 2 atom stereocenters. The fourth-order valence-electron chi connectivity index (χ4n) is 3.21. The van der Waals surface area contributed by atoms with Gasteiger partial charge in [-0.25, -0.2) is 0 Å². The van der Waals surface area contributed by atoms with Crippen molar-refractivity contribution in [3.05, 3.63) is 23.7 Å². The van der Waals surface area contributed by atoms with E-state index < -0.39 is 0 Å². The topological polar surface area (TPSA) is 25.2 Å². The second-order valence-corrected chi connectivity index (χ2v) is 5.75. The van der Waals surface area contributed by atoms with Gasteiger partial charge >= 0.3 is 0 Å². The lowest BCUT2D eigenvalue weighted by Gasteiger charge is -2.32. The van der Waals surface area contributed by atoms with E-state index >= 15 is 0 Å². The molecule has 1 aromatic rings. The molecule has 1 fully saturated rings. The van der Waals surface area contributed by atoms with Gasteiger partial charge < -0.3 is 9.73 Å². The van der Waals surface area contributed by atoms with Crippen LogP contribution in [0.15, 0.2) is 16.5 Å². The smallest absolute Gasteiger partial charge is 0.120 e. The maximum absolute atomic E-state index is 5.72. The van der Waals surface area contributed by atoms with E-state index in [0.717, 1.165) is 17.4 Å². The van der Waals surface area contributed by atoms with Crippen LogP contribution in [0.4, 0.5) is 0 Å². The van der Waals surface area contributed by atoms with Crippen molar-refractivity contribution in [2.45, 2.75) is 71.4 Å². The first-order valence-electron chi connectivity index (χ1n) is 7.53. The molecular formula is C16H27NO. The summed E-state index contributed by atoms with van der Waals surface area (Å²) in [4.78, 5) is 0. The summed E-state index contributed by atoms with van der Waals surface area (Å²) in [5.74, 6) is 2.94. The third-order valence-electron chi connectivity index (χ3n) is 4.31. The Morgan fingerprint density at radius 1 is 1.28 bits per heavy atom. The molecule has 1 heterocycles. The van der Waals surface area contributed by atoms with Gasteiger partial charge in [0.2, 0.25) is 0 Å². The molecule has 0 aromatic carbocycles. The zero-order valence-corrected chi connectivity index (χ0v) is 12.0. The highest BCUT2D eigenvalue weighted by molar-refractivity contribution is 5.09. The molecule has 2 rings (SSSR count). The molecule has 0 spiro atoms. The number of nitrogens with one attached hydrogen (secondary N) is 1. The molecule has 1 saturated carbocycles. The Hall–Kier alpha value is -0.760. The minimum atomic E-state index is 0.325. The predicted octanol–water partition coefficient (Wildman–Crippen LogP) is 4.60. The molecule has 0 radical (unpaired) electrons. The molecule has 1 N–H and O–H groups in total. The molecule has 2 heteroatoms. The SMILES string of the molecule is CCC(NC(C)c1ccc(C)o1)C1CCCCC1. The molecule has 2 nitrogen and oxygen atoms in total. The van der Waals surface area contributed by atoms with Crippen molar-refractivity contribution >= 4 is 0 Å². The van der Waals surface area contributed by atoms with E-state index in [1.807, 2.05) is 6.92 Å². The monoisotopic (exact) mass is 249 g/mol. The summed E-state index contributed by atoms with van der Waals surface area (Å²) >= 11 is 0. The summed E-state index contributed by atoms with van der Waals surface area (Å²) in [6.07, 6.45) is 8.27. The lowest BCUT2D eigenvalue weighted by molar-refractivity contribution is 0.241. The number of hydrogen-bond donors (Lipinski definition) is 1. The van der Waals surface area contributed by atoms with Crippen LogP contribution in [0.1, 0.15) is 69.9 Å². The standard InChI is InChI=1S/C16H27NO/c1-4-15(14-8-6-5-7-9-14)17-13(3)16-11-10-12(2)18-16/h10-11,13-15,17H,4-9H2,1-3H3. The van der Waals surface area contributed by atoms with Gasteiger partial charge in [-0.15, -0.1) is 0 Å². The average Bonchev–Trinajstić information content (AvgIpc) is 2.83. The molecular weight excluding hydrogens is 222 g/mol. The fraction of sp³-hybridized carbons (Fsp3) is 0.750. The maximum Gasteiger partial charge on any atom is 0.120 e. The van der Waals surface area contributed by atoms with E-state index in [1.54, 1.807) is 0 Å². The van der Waals surface area contributed by atoms with Gasteiger partial charge in [0.05, 0.1) is 6.04 Å². The van der Waals surface area contributed by atoms with Crippen molar-refractivity contribution < 1.29 is 4.42 Å². The second kappa shape index (κ2) is 6.42. The highest BCUT2D eigenvalue weighted by atomic mass is 16.3. The van der Waals surface area contributed by atoms with Gasteiger partial charge in [0.15, 0.2) is 0 Å². The van der Waals surface area contributed by atoms with Crippen LogP contribution in [-0.2, 0) is 0 Å². The van der Waals surface area contributed by atoms with Gasteiger partial charge in [-0.2, -0.15) is 0 Å². The van der Waals surface area contributed by atoms with Gasteiger partial charge in [-0.05, 0) is 51.2 Å². The van der Waals surface area contributed by atoms with Crippen LogP contribution in [0.2, 0.25) is 0 Å². The van der Waals surface area contributed by atoms with Crippen LogP contribution < -0.4 is 5.32 Å². The van der Waals surface area contributed by atoms with Crippen LogP contribution in [-0.4, -0.2) is 6.04 Å². The van der Waals surface area contributed by atoms with E-state index in [2.05, 4.69) is 31.3 Å². The van der Waals surface area contributed by atoms with Crippen molar-refractivity contribution in [1.82, 2.24) is 5.32 Å². The molecule has 1 aliphatic rings. The van der Waals surface area contributed by atoms with Gasteiger partial charge in [-0.1, -0.05) is 26.2 Å². The minimum absolute atomic E-state index is 0.325. The van der Waals surface area contributed by atoms with Crippen molar-refractivity contribution in [3.63, 3.8) is 0 Å². The van der Waals surface area contributed by atoms with E-state index in [9.17, 15) is 0 Å². The van der Waals surface area contributed by atoms with Crippen LogP contribution >= 0.6 is 0 Å². The summed E-state index contributed by atoms with van der Waals surface area (Å²) < 4.78 is 5.72. The van der Waals surface area contributed by atoms with E-state index in [0.29, 0.717) is 12.1 Å². The summed E-state index contributed by atoms with van der Waals surface area (Å²) in [5, 5.41) is 3.77. The Kier molecular flexibility index (Phi) is 4.87. The van der Waals surface area contributed by atoms with E-state index in [1.165, 1.54) is 38.5 Å². The quantitative estimate of drug-likeness (QED) is 0.825. The first-order chi connectivity index (χ1) is 8.70. The number of aryl methyl sites for hydroxylation is 1. The van der Waals surface area contributed by atoms with Crippen molar-refractivity contribution in [1.29, 1.82) is 0 Å². The second-order valence-electron chi connectivity index (χ2n) is 5.75. The lowest BCUT2D eigenvalue weighted by Crippen LogP contribution is -2.38. The Bertz CT molecular complexity index is 352. The highest BCUT2D eigenvalue weighted by Crippen LogP contribution is 2.29. The largest absolute Gasteiger partial charge is 0.465 e. The number of furan rings is 1. The van der Waals surface area contributed by atoms with E-state index in [4.69, 9.17) is 4.42 Å². The predicted molar refractivity (Wildman–Crippen MR) is 75.6 cm³/mol. The van der Waals surface area contributed by atoms with Crippen molar-refractivity contribution in [3.8, 4) is 0 Å². The zero-order valence-electron chi connectivity index (χ0n) is 12.0. The molecule has 102 valence electrons. The first kappa shape index (κ1) is 13.7. The van der Waals surface area contributed by atoms with E-state index in [-0.39, 0.29) is 0 Å². The zero-order chi connectivity index (χ0) is 13.0. The molecule has 2 unspecified atom stereocenters. The summed E-state index contributed by atoms with van der Waals surface area (Å²) in [6, 6.07) is 5.12. The maximum atomic E-state index is 5.72. The van der Waals surface area contributed by atoms with Crippen LogP contribution in [0.5, 0.6) is 0 Å². The minimum Gasteiger partial charge on any atom is -0.465 e. The third-order valence-corrected chi connectivity index (χ3v) is 4.31. The van der Waals surface area contributed by atoms with Crippen LogP contribution in [0.25, 0.3) is 0 Å². The Labute approximate surface area is 111 Å². The summed E-state index contributed by atoms with van der Waals surface area (Å²) in [7, 11) is 0. The van der Waals surface area contributed by atoms with Crippen LogP contribution in [0, 0.1) is 12.8 Å². The van der Waals surface area contributed by atoms with Gasteiger partial charge in [0, 0.05) is 6.04 Å². The summed E-state index contributed by atoms with van der Waals surface area (Å²) in [6.45, 7) is 6.52.